The molecule has 4 nitrogen and oxygen atoms in total. The molecule has 1 aromatic heterocycles. The van der Waals surface area contributed by atoms with Crippen molar-refractivity contribution in [3.05, 3.63) is 71.4 Å². The fourth-order valence-corrected chi connectivity index (χ4v) is 5.76. The molecular formula is C25H26F3N2O2+. The first kappa shape index (κ1) is 21.2. The minimum absolute atomic E-state index is 0.0576. The van der Waals surface area contributed by atoms with Gasteiger partial charge in [-0.05, 0) is 60.7 Å². The predicted octanol–water partition coefficient (Wildman–Crippen LogP) is 5.19. The lowest BCUT2D eigenvalue weighted by Crippen LogP contribution is -2.65. The zero-order chi connectivity index (χ0) is 22.5. The molecule has 4 heterocycles. The Labute approximate surface area is 184 Å². The van der Waals surface area contributed by atoms with Gasteiger partial charge in [0.05, 0.1) is 24.2 Å². The van der Waals surface area contributed by atoms with Crippen LogP contribution in [-0.4, -0.2) is 38.8 Å². The molecule has 0 amide bonds. The Hall–Kier alpha value is -2.64. The van der Waals surface area contributed by atoms with Crippen molar-refractivity contribution in [3.63, 3.8) is 0 Å². The van der Waals surface area contributed by atoms with E-state index in [1.807, 2.05) is 6.07 Å². The number of alkyl halides is 3. The van der Waals surface area contributed by atoms with Crippen molar-refractivity contribution in [3.8, 4) is 5.75 Å². The molecule has 3 fully saturated rings. The van der Waals surface area contributed by atoms with Gasteiger partial charge in [-0.15, -0.1) is 0 Å². The average molecular weight is 443 g/mol. The second kappa shape index (κ2) is 7.74. The van der Waals surface area contributed by atoms with Crippen molar-refractivity contribution >= 4 is 10.9 Å². The standard InChI is InChI=1S/C25H25F3N2O2/c26-25(27,28)18-3-1-17(2-4-18)15-30-11-8-16(9-12-30)13-23(30)24(32)20-7-10-29-22-6-5-19(31)14-21(20)22/h1-7,10,14,16,23-24,32H,8-9,11-13,15H2/p+1/t16?,23-,24+,30?/m0/s1. The van der Waals surface area contributed by atoms with Crippen LogP contribution in [0.4, 0.5) is 13.2 Å². The van der Waals surface area contributed by atoms with Crippen molar-refractivity contribution in [1.82, 2.24) is 4.98 Å². The van der Waals surface area contributed by atoms with E-state index in [9.17, 15) is 23.4 Å². The summed E-state index contributed by atoms with van der Waals surface area (Å²) >= 11 is 0. The van der Waals surface area contributed by atoms with Gasteiger partial charge >= 0.3 is 6.18 Å². The molecule has 0 radical (unpaired) electrons. The molecule has 2 bridgehead atoms. The molecule has 3 aromatic rings. The van der Waals surface area contributed by atoms with E-state index in [0.717, 1.165) is 61.0 Å². The van der Waals surface area contributed by atoms with E-state index in [2.05, 4.69) is 4.98 Å². The number of pyridine rings is 1. The first-order valence-electron chi connectivity index (χ1n) is 11.0. The number of piperidine rings is 3. The summed E-state index contributed by atoms with van der Waals surface area (Å²) in [5, 5.41) is 22.3. The molecule has 2 atom stereocenters. The number of aromatic hydroxyl groups is 1. The van der Waals surface area contributed by atoms with Crippen LogP contribution >= 0.6 is 0 Å². The molecule has 3 saturated heterocycles. The van der Waals surface area contributed by atoms with Crippen LogP contribution in [0.1, 0.15) is 42.1 Å². The summed E-state index contributed by atoms with van der Waals surface area (Å²) in [5.74, 6) is 0.682. The lowest BCUT2D eigenvalue weighted by Gasteiger charge is -2.55. The average Bonchev–Trinajstić information content (AvgIpc) is 2.78. The SMILES string of the molecule is Oc1ccc2nccc([C@@H](O)[C@@H]3CC4CC[N+]3(Cc3ccc(C(F)(F)F)cc3)CC4)c2c1. The summed E-state index contributed by atoms with van der Waals surface area (Å²) in [4.78, 5) is 4.35. The largest absolute Gasteiger partial charge is 0.508 e. The monoisotopic (exact) mass is 443 g/mol. The summed E-state index contributed by atoms with van der Waals surface area (Å²) in [6.45, 7) is 2.41. The van der Waals surface area contributed by atoms with Crippen LogP contribution < -0.4 is 0 Å². The van der Waals surface area contributed by atoms with Crippen LogP contribution in [0.2, 0.25) is 0 Å². The first-order chi connectivity index (χ1) is 15.2. The molecule has 0 spiro atoms. The molecule has 6 rings (SSSR count). The second-order valence-corrected chi connectivity index (χ2v) is 9.31. The van der Waals surface area contributed by atoms with Gasteiger partial charge in [0.2, 0.25) is 0 Å². The van der Waals surface area contributed by atoms with Crippen molar-refractivity contribution in [2.45, 2.75) is 44.1 Å². The number of aliphatic hydroxyl groups is 1. The molecule has 3 aliphatic heterocycles. The van der Waals surface area contributed by atoms with E-state index in [1.165, 1.54) is 0 Å². The topological polar surface area (TPSA) is 53.4 Å². The maximum absolute atomic E-state index is 13.0. The maximum atomic E-state index is 13.0. The number of nitrogens with zero attached hydrogens (tertiary/aromatic N) is 2. The Kier molecular flexibility index (Phi) is 5.13. The lowest BCUT2D eigenvalue weighted by atomic mass is 9.76. The summed E-state index contributed by atoms with van der Waals surface area (Å²) in [5.41, 5.74) is 1.67. The highest BCUT2D eigenvalue weighted by Crippen LogP contribution is 2.45. The van der Waals surface area contributed by atoms with E-state index in [0.29, 0.717) is 22.5 Å². The molecular weight excluding hydrogens is 417 g/mol. The molecule has 2 N–H and O–H groups in total. The van der Waals surface area contributed by atoms with E-state index >= 15 is 0 Å². The molecule has 0 unspecified atom stereocenters. The number of fused-ring (bicyclic) bond motifs is 4. The van der Waals surface area contributed by atoms with Crippen molar-refractivity contribution in [2.75, 3.05) is 13.1 Å². The Bertz CT molecular complexity index is 1120. The molecule has 32 heavy (non-hydrogen) atoms. The number of aliphatic hydroxyl groups excluding tert-OH is 1. The van der Waals surface area contributed by atoms with E-state index in [4.69, 9.17) is 0 Å². The highest BCUT2D eigenvalue weighted by atomic mass is 19.4. The number of phenols is 1. The molecule has 7 heteroatoms. The molecule has 3 aliphatic rings. The number of hydrogen-bond acceptors (Lipinski definition) is 3. The third-order valence-electron chi connectivity index (χ3n) is 7.46. The van der Waals surface area contributed by atoms with Crippen molar-refractivity contribution in [2.24, 2.45) is 5.92 Å². The predicted molar refractivity (Wildman–Crippen MR) is 115 cm³/mol. The molecule has 0 saturated carbocycles. The van der Waals surface area contributed by atoms with Gasteiger partial charge in [-0.2, -0.15) is 13.2 Å². The number of phenolic OH excluding ortho intramolecular Hbond substituents is 1. The van der Waals surface area contributed by atoms with Gasteiger partial charge in [-0.3, -0.25) is 4.98 Å². The summed E-state index contributed by atoms with van der Waals surface area (Å²) in [6, 6.07) is 12.1. The minimum Gasteiger partial charge on any atom is -0.508 e. The van der Waals surface area contributed by atoms with E-state index in [-0.39, 0.29) is 11.8 Å². The first-order valence-corrected chi connectivity index (χ1v) is 11.0. The number of benzene rings is 2. The van der Waals surface area contributed by atoms with Crippen molar-refractivity contribution < 1.29 is 27.9 Å². The number of aromatic nitrogens is 1. The zero-order valence-electron chi connectivity index (χ0n) is 17.6. The van der Waals surface area contributed by atoms with Crippen LogP contribution in [0.5, 0.6) is 5.75 Å². The van der Waals surface area contributed by atoms with Crippen LogP contribution in [-0.2, 0) is 12.7 Å². The normalized spacial score (nSPS) is 26.4. The van der Waals surface area contributed by atoms with E-state index in [1.54, 1.807) is 36.5 Å². The number of hydrogen-bond donors (Lipinski definition) is 2. The van der Waals surface area contributed by atoms with Gasteiger partial charge in [-0.1, -0.05) is 12.1 Å². The number of halogens is 3. The van der Waals surface area contributed by atoms with Gasteiger partial charge in [-0.25, -0.2) is 0 Å². The fraction of sp³-hybridized carbons (Fsp3) is 0.400. The third kappa shape index (κ3) is 3.73. The molecule has 168 valence electrons. The van der Waals surface area contributed by atoms with Crippen LogP contribution in [0.15, 0.2) is 54.7 Å². The van der Waals surface area contributed by atoms with Gasteiger partial charge in [0, 0.05) is 23.6 Å². The van der Waals surface area contributed by atoms with Crippen molar-refractivity contribution in [1.29, 1.82) is 0 Å². The van der Waals surface area contributed by atoms with Gasteiger partial charge in [0.25, 0.3) is 0 Å². The van der Waals surface area contributed by atoms with Gasteiger partial charge in [0.15, 0.2) is 0 Å². The smallest absolute Gasteiger partial charge is 0.416 e. The lowest BCUT2D eigenvalue weighted by molar-refractivity contribution is -0.981. The number of quaternary nitrogens is 1. The van der Waals surface area contributed by atoms with E-state index < -0.39 is 17.8 Å². The Morgan fingerprint density at radius 3 is 2.44 bits per heavy atom. The minimum atomic E-state index is -4.35. The highest BCUT2D eigenvalue weighted by molar-refractivity contribution is 5.83. The van der Waals surface area contributed by atoms with Gasteiger partial charge < -0.3 is 14.7 Å². The third-order valence-corrected chi connectivity index (χ3v) is 7.46. The Morgan fingerprint density at radius 2 is 1.75 bits per heavy atom. The summed E-state index contributed by atoms with van der Waals surface area (Å²) < 4.78 is 39.6. The second-order valence-electron chi connectivity index (χ2n) is 9.31. The zero-order valence-corrected chi connectivity index (χ0v) is 17.6. The molecule has 0 aliphatic carbocycles. The van der Waals surface area contributed by atoms with Crippen LogP contribution in [0.3, 0.4) is 0 Å². The Morgan fingerprint density at radius 1 is 1.03 bits per heavy atom. The Balaban J connectivity index is 1.49. The summed E-state index contributed by atoms with van der Waals surface area (Å²) in [7, 11) is 0. The van der Waals surface area contributed by atoms with Crippen LogP contribution in [0.25, 0.3) is 10.9 Å². The molecule has 2 aromatic carbocycles. The van der Waals surface area contributed by atoms with Gasteiger partial charge in [0.1, 0.15) is 24.4 Å². The maximum Gasteiger partial charge on any atom is 0.416 e. The number of rotatable bonds is 4. The van der Waals surface area contributed by atoms with Crippen LogP contribution in [0, 0.1) is 5.92 Å². The fourth-order valence-electron chi connectivity index (χ4n) is 5.76. The highest BCUT2D eigenvalue weighted by Gasteiger charge is 2.50. The summed E-state index contributed by atoms with van der Waals surface area (Å²) in [6.07, 6.45) is -0.399. The quantitative estimate of drug-likeness (QED) is 0.546.